The van der Waals surface area contributed by atoms with Crippen LogP contribution in [-0.2, 0) is 9.84 Å². The molecule has 9 nitrogen and oxygen atoms in total. The van der Waals surface area contributed by atoms with Gasteiger partial charge < -0.3 is 20.2 Å². The minimum absolute atomic E-state index is 0.168. The number of nitrogens with one attached hydrogen (secondary N) is 1. The molecule has 2 aliphatic rings. The minimum atomic E-state index is -2.97. The Labute approximate surface area is 218 Å². The smallest absolute Gasteiger partial charge is 0.227 e. The Balaban J connectivity index is 1.39. The van der Waals surface area contributed by atoms with E-state index in [2.05, 4.69) is 52.1 Å². The van der Waals surface area contributed by atoms with E-state index < -0.39 is 9.84 Å². The molecule has 0 saturated carbocycles. The number of hydrogen-bond donors (Lipinski definition) is 2. The van der Waals surface area contributed by atoms with E-state index in [4.69, 9.17) is 9.97 Å². The van der Waals surface area contributed by atoms with Crippen LogP contribution in [0.1, 0.15) is 38.7 Å². The van der Waals surface area contributed by atoms with E-state index in [1.807, 2.05) is 19.2 Å². The van der Waals surface area contributed by atoms with Crippen molar-refractivity contribution in [2.24, 2.45) is 11.8 Å². The van der Waals surface area contributed by atoms with Crippen molar-refractivity contribution in [3.05, 3.63) is 42.2 Å². The summed E-state index contributed by atoms with van der Waals surface area (Å²) in [6, 6.07) is 8.21. The number of pyridine rings is 1. The second-order valence-electron chi connectivity index (χ2n) is 11.0. The zero-order valence-corrected chi connectivity index (χ0v) is 22.7. The second kappa shape index (κ2) is 10.1. The lowest BCUT2D eigenvalue weighted by molar-refractivity contribution is 0.0966. The molecule has 1 aromatic carbocycles. The number of aromatic nitrogens is 3. The lowest BCUT2D eigenvalue weighted by Gasteiger charge is -2.41. The van der Waals surface area contributed by atoms with Gasteiger partial charge in [0.2, 0.25) is 5.95 Å². The summed E-state index contributed by atoms with van der Waals surface area (Å²) in [7, 11) is -2.97. The molecule has 4 heterocycles. The number of anilines is 4. The fourth-order valence-corrected chi connectivity index (χ4v) is 6.48. The van der Waals surface area contributed by atoms with Gasteiger partial charge in [-0.2, -0.15) is 4.98 Å². The van der Waals surface area contributed by atoms with Crippen LogP contribution in [0.2, 0.25) is 0 Å². The molecule has 0 radical (unpaired) electrons. The molecule has 0 unspecified atom stereocenters. The quantitative estimate of drug-likeness (QED) is 0.479. The number of sulfone groups is 1. The number of piperidine rings is 1. The average Bonchev–Trinajstić information content (AvgIpc) is 2.82. The van der Waals surface area contributed by atoms with Gasteiger partial charge >= 0.3 is 0 Å². The summed E-state index contributed by atoms with van der Waals surface area (Å²) in [5.74, 6) is 2.94. The third-order valence-corrected chi connectivity index (χ3v) is 8.49. The van der Waals surface area contributed by atoms with Gasteiger partial charge in [0.1, 0.15) is 21.5 Å². The maximum absolute atomic E-state index is 11.7. The molecule has 2 saturated heterocycles. The lowest BCUT2D eigenvalue weighted by atomic mass is 9.93. The molecular weight excluding hydrogens is 488 g/mol. The molecule has 2 aromatic heterocycles. The Hall–Kier alpha value is -2.98. The first-order valence-electron chi connectivity index (χ1n) is 13.0. The van der Waals surface area contributed by atoms with Crippen molar-refractivity contribution in [3.8, 4) is 0 Å². The highest BCUT2D eigenvalue weighted by Crippen LogP contribution is 2.37. The highest BCUT2D eigenvalue weighted by Gasteiger charge is 2.31. The number of nitrogens with zero attached hydrogens (tertiary/aromatic N) is 5. The fourth-order valence-electron chi connectivity index (χ4n) is 5.41. The highest BCUT2D eigenvalue weighted by atomic mass is 32.2. The second-order valence-corrected chi connectivity index (χ2v) is 13.1. The van der Waals surface area contributed by atoms with E-state index in [9.17, 15) is 13.5 Å². The summed E-state index contributed by atoms with van der Waals surface area (Å²) in [5.41, 5.74) is 2.33. The Morgan fingerprint density at radius 1 is 1.08 bits per heavy atom. The van der Waals surface area contributed by atoms with Crippen LogP contribution in [-0.4, -0.2) is 72.8 Å². The number of fused-ring (bicyclic) bond motifs is 1. The topological polar surface area (TPSA) is 112 Å². The van der Waals surface area contributed by atoms with Gasteiger partial charge in [-0.1, -0.05) is 26.8 Å². The molecule has 5 rings (SSSR count). The summed E-state index contributed by atoms with van der Waals surface area (Å²) >= 11 is 0. The fraction of sp³-hybridized carbons (Fsp3) is 0.519. The van der Waals surface area contributed by atoms with Gasteiger partial charge in [0, 0.05) is 61.8 Å². The first-order chi connectivity index (χ1) is 17.6. The van der Waals surface area contributed by atoms with Gasteiger partial charge in [-0.25, -0.2) is 18.4 Å². The van der Waals surface area contributed by atoms with Crippen LogP contribution in [0.25, 0.3) is 10.8 Å². The number of hydrogen-bond acceptors (Lipinski definition) is 9. The molecule has 0 aliphatic carbocycles. The maximum atomic E-state index is 11.7. The van der Waals surface area contributed by atoms with Crippen LogP contribution in [0.4, 0.5) is 23.3 Å². The molecule has 0 spiro atoms. The molecule has 10 heteroatoms. The molecule has 0 amide bonds. The van der Waals surface area contributed by atoms with Crippen molar-refractivity contribution in [2.45, 2.75) is 39.2 Å². The standard InChI is InChI=1S/C27H36N6O3S/c1-17(2)20-5-6-23(33-14-19(15-33)16-37(4,35)36)22-12-29-26(11-21(20)22)30-25-7-9-28-27(31-25)32-10-8-24(34)18(3)13-32/h5-7,9,11-12,17-19,24,34H,8,10,13-16H2,1-4H3,(H,28,29,30,31)/t18-,24-/m0/s1. The van der Waals surface area contributed by atoms with Crippen LogP contribution in [0, 0.1) is 11.8 Å². The van der Waals surface area contributed by atoms with Gasteiger partial charge in [0.25, 0.3) is 0 Å². The number of rotatable bonds is 7. The Kier molecular flexibility index (Phi) is 6.97. The van der Waals surface area contributed by atoms with Crippen LogP contribution < -0.4 is 15.1 Å². The van der Waals surface area contributed by atoms with Gasteiger partial charge in [0.15, 0.2) is 0 Å². The number of aliphatic hydroxyl groups is 1. The van der Waals surface area contributed by atoms with E-state index in [0.29, 0.717) is 29.9 Å². The van der Waals surface area contributed by atoms with Gasteiger partial charge in [0.05, 0.1) is 11.9 Å². The van der Waals surface area contributed by atoms with Crippen molar-refractivity contribution in [1.29, 1.82) is 0 Å². The normalized spacial score (nSPS) is 20.9. The van der Waals surface area contributed by atoms with E-state index in [1.165, 1.54) is 11.8 Å². The van der Waals surface area contributed by atoms with E-state index in [-0.39, 0.29) is 23.7 Å². The summed E-state index contributed by atoms with van der Waals surface area (Å²) in [4.78, 5) is 18.2. The van der Waals surface area contributed by atoms with Crippen LogP contribution in [0.3, 0.4) is 0 Å². The Morgan fingerprint density at radius 2 is 1.86 bits per heavy atom. The molecule has 2 aliphatic heterocycles. The summed E-state index contributed by atoms with van der Waals surface area (Å²) in [6.45, 7) is 9.33. The van der Waals surface area contributed by atoms with E-state index in [0.717, 1.165) is 42.6 Å². The predicted octanol–water partition coefficient (Wildman–Crippen LogP) is 3.58. The van der Waals surface area contributed by atoms with Gasteiger partial charge in [-0.05, 0) is 47.4 Å². The highest BCUT2D eigenvalue weighted by molar-refractivity contribution is 7.90. The molecule has 198 valence electrons. The van der Waals surface area contributed by atoms with Crippen molar-refractivity contribution < 1.29 is 13.5 Å². The van der Waals surface area contributed by atoms with Crippen molar-refractivity contribution in [2.75, 3.05) is 53.3 Å². The van der Waals surface area contributed by atoms with Crippen molar-refractivity contribution in [3.63, 3.8) is 0 Å². The molecule has 3 aromatic rings. The van der Waals surface area contributed by atoms with Crippen molar-refractivity contribution in [1.82, 2.24) is 15.0 Å². The molecule has 2 fully saturated rings. The predicted molar refractivity (Wildman–Crippen MR) is 149 cm³/mol. The molecular formula is C27H36N6O3S. The number of aliphatic hydroxyl groups excluding tert-OH is 1. The maximum Gasteiger partial charge on any atom is 0.227 e. The molecule has 2 N–H and O–H groups in total. The van der Waals surface area contributed by atoms with E-state index in [1.54, 1.807) is 6.20 Å². The third-order valence-electron chi connectivity index (χ3n) is 7.41. The SMILES string of the molecule is CC(C)c1ccc(N2CC(CS(C)(=O)=O)C2)c2cnc(Nc3ccnc(N4CC[C@H](O)[C@@H](C)C4)n3)cc12. The van der Waals surface area contributed by atoms with Crippen LogP contribution in [0.15, 0.2) is 36.7 Å². The Morgan fingerprint density at radius 3 is 2.57 bits per heavy atom. The average molecular weight is 525 g/mol. The zero-order chi connectivity index (χ0) is 26.3. The lowest BCUT2D eigenvalue weighted by Crippen LogP contribution is -2.49. The van der Waals surface area contributed by atoms with E-state index >= 15 is 0 Å². The van der Waals surface area contributed by atoms with Crippen LogP contribution in [0.5, 0.6) is 0 Å². The largest absolute Gasteiger partial charge is 0.393 e. The van der Waals surface area contributed by atoms with Crippen molar-refractivity contribution >= 4 is 43.9 Å². The number of benzene rings is 1. The molecule has 0 bridgehead atoms. The van der Waals surface area contributed by atoms with Crippen LogP contribution >= 0.6 is 0 Å². The minimum Gasteiger partial charge on any atom is -0.393 e. The van der Waals surface area contributed by atoms with Gasteiger partial charge in [-0.3, -0.25) is 0 Å². The summed E-state index contributed by atoms with van der Waals surface area (Å²) in [6.07, 6.45) is 5.38. The summed E-state index contributed by atoms with van der Waals surface area (Å²) < 4.78 is 23.4. The van der Waals surface area contributed by atoms with Gasteiger partial charge in [-0.15, -0.1) is 0 Å². The monoisotopic (exact) mass is 524 g/mol. The summed E-state index contributed by atoms with van der Waals surface area (Å²) in [5, 5.41) is 15.6. The molecule has 37 heavy (non-hydrogen) atoms. The molecule has 2 atom stereocenters. The first kappa shape index (κ1) is 25.7. The third kappa shape index (κ3) is 5.65. The zero-order valence-electron chi connectivity index (χ0n) is 21.9. The first-order valence-corrected chi connectivity index (χ1v) is 15.0. The Bertz CT molecular complexity index is 1390.